The third-order valence-corrected chi connectivity index (χ3v) is 4.03. The fraction of sp³-hybridized carbons (Fsp3) is 0.833. The molecule has 102 valence electrons. The van der Waals surface area contributed by atoms with Crippen LogP contribution in [0.2, 0.25) is 0 Å². The zero-order valence-electron chi connectivity index (χ0n) is 9.83. The monoisotopic (exact) mass is 264 g/mol. The fourth-order valence-corrected chi connectivity index (χ4v) is 3.25. The molecule has 1 aliphatic heterocycles. The van der Waals surface area contributed by atoms with Crippen LogP contribution in [0.5, 0.6) is 0 Å². The number of hydrogen-bond donors (Lipinski definition) is 0. The second-order valence-corrected chi connectivity index (χ2v) is 5.02. The largest absolute Gasteiger partial charge is 0.411 e. The van der Waals surface area contributed by atoms with Crippen molar-refractivity contribution in [3.8, 4) is 0 Å². The lowest BCUT2D eigenvalue weighted by atomic mass is 9.59. The van der Waals surface area contributed by atoms with Crippen molar-refractivity contribution >= 4 is 0 Å². The summed E-state index contributed by atoms with van der Waals surface area (Å²) in [6.45, 7) is -0.396. The van der Waals surface area contributed by atoms with Crippen LogP contribution in [0.4, 0.5) is 13.2 Å². The Morgan fingerprint density at radius 3 is 2.61 bits per heavy atom. The van der Waals surface area contributed by atoms with Crippen LogP contribution in [0, 0.1) is 5.92 Å². The molecule has 1 saturated heterocycles. The molecule has 1 heterocycles. The summed E-state index contributed by atoms with van der Waals surface area (Å²) in [4.78, 5) is 0. The highest BCUT2D eigenvalue weighted by Gasteiger charge is 2.70. The highest BCUT2D eigenvalue weighted by molar-refractivity contribution is 5.22. The molecule has 6 heteroatoms. The molecule has 18 heavy (non-hydrogen) atoms. The fourth-order valence-electron chi connectivity index (χ4n) is 3.25. The van der Waals surface area contributed by atoms with E-state index < -0.39 is 24.2 Å². The van der Waals surface area contributed by atoms with E-state index in [9.17, 15) is 13.2 Å². The summed E-state index contributed by atoms with van der Waals surface area (Å²) in [5.74, 6) is -0.986. The minimum atomic E-state index is -4.32. The number of alkyl halides is 3. The zero-order valence-corrected chi connectivity index (χ0v) is 9.83. The van der Waals surface area contributed by atoms with Crippen molar-refractivity contribution in [1.82, 2.24) is 0 Å². The Kier molecular flexibility index (Phi) is 2.73. The summed E-state index contributed by atoms with van der Waals surface area (Å²) >= 11 is 0. The van der Waals surface area contributed by atoms with E-state index in [2.05, 4.69) is 0 Å². The highest BCUT2D eigenvalue weighted by atomic mass is 19.4. The van der Waals surface area contributed by atoms with Gasteiger partial charge in [0.25, 0.3) is 0 Å². The second-order valence-electron chi connectivity index (χ2n) is 5.02. The van der Waals surface area contributed by atoms with Crippen LogP contribution in [0.1, 0.15) is 19.3 Å². The number of ether oxygens (including phenoxy) is 3. The van der Waals surface area contributed by atoms with Crippen LogP contribution in [-0.2, 0) is 14.2 Å². The molecular formula is C12H15F3O3. The first kappa shape index (κ1) is 12.4. The van der Waals surface area contributed by atoms with Gasteiger partial charge in [-0.2, -0.15) is 13.2 Å². The summed E-state index contributed by atoms with van der Waals surface area (Å²) in [5, 5.41) is 0. The maximum atomic E-state index is 12.4. The Morgan fingerprint density at radius 1 is 1.28 bits per heavy atom. The Bertz CT molecular complexity index is 360. The van der Waals surface area contributed by atoms with Crippen molar-refractivity contribution in [3.05, 3.63) is 12.2 Å². The third kappa shape index (κ3) is 1.70. The molecule has 2 unspecified atom stereocenters. The molecule has 3 rings (SSSR count). The maximum Gasteiger partial charge on any atom is 0.411 e. The van der Waals surface area contributed by atoms with Crippen LogP contribution in [0.15, 0.2) is 12.2 Å². The quantitative estimate of drug-likeness (QED) is 0.717. The molecule has 2 aliphatic carbocycles. The summed E-state index contributed by atoms with van der Waals surface area (Å²) in [6.07, 6.45) is 1.39. The van der Waals surface area contributed by atoms with Crippen LogP contribution < -0.4 is 0 Å². The molecule has 0 aromatic heterocycles. The predicted octanol–water partition coefficient (Wildman–Crippen LogP) is 2.42. The van der Waals surface area contributed by atoms with Crippen LogP contribution in [0.3, 0.4) is 0 Å². The van der Waals surface area contributed by atoms with Gasteiger partial charge in [-0.15, -0.1) is 0 Å². The smallest absolute Gasteiger partial charge is 0.359 e. The first-order valence-corrected chi connectivity index (χ1v) is 6.13. The normalized spacial score (nSPS) is 37.6. The van der Waals surface area contributed by atoms with Crippen molar-refractivity contribution in [1.29, 1.82) is 0 Å². The lowest BCUT2D eigenvalue weighted by Gasteiger charge is -2.60. The van der Waals surface area contributed by atoms with E-state index in [1.165, 1.54) is 0 Å². The Labute approximate surface area is 103 Å². The number of fused-ring (bicyclic) bond motifs is 2. The average Bonchev–Trinajstić information content (AvgIpc) is 2.77. The van der Waals surface area contributed by atoms with E-state index in [0.717, 1.165) is 0 Å². The SMILES string of the molecule is FC(F)(F)COC12CCC=CC1CC21OCCO1. The molecule has 0 aromatic carbocycles. The number of hydrogen-bond acceptors (Lipinski definition) is 3. The van der Waals surface area contributed by atoms with Gasteiger partial charge in [-0.25, -0.2) is 0 Å². The van der Waals surface area contributed by atoms with Crippen molar-refractivity contribution in [3.63, 3.8) is 0 Å². The van der Waals surface area contributed by atoms with Crippen LogP contribution >= 0.6 is 0 Å². The minimum absolute atomic E-state index is 0.0355. The van der Waals surface area contributed by atoms with Gasteiger partial charge >= 0.3 is 6.18 Å². The summed E-state index contributed by atoms with van der Waals surface area (Å²) in [7, 11) is 0. The van der Waals surface area contributed by atoms with Crippen LogP contribution in [-0.4, -0.2) is 37.4 Å². The van der Waals surface area contributed by atoms with Crippen molar-refractivity contribution in [2.45, 2.75) is 36.8 Å². The average molecular weight is 264 g/mol. The van der Waals surface area contributed by atoms with Gasteiger partial charge in [0, 0.05) is 12.3 Å². The molecule has 3 aliphatic rings. The van der Waals surface area contributed by atoms with Gasteiger partial charge in [0.2, 0.25) is 0 Å². The Hall–Kier alpha value is -0.590. The predicted molar refractivity (Wildman–Crippen MR) is 55.9 cm³/mol. The van der Waals surface area contributed by atoms with Crippen molar-refractivity contribution in [2.75, 3.05) is 19.8 Å². The molecule has 0 radical (unpaired) electrons. The van der Waals surface area contributed by atoms with Gasteiger partial charge in [0.1, 0.15) is 12.2 Å². The van der Waals surface area contributed by atoms with E-state index in [0.29, 0.717) is 32.5 Å². The topological polar surface area (TPSA) is 27.7 Å². The summed E-state index contributed by atoms with van der Waals surface area (Å²) in [6, 6.07) is 0. The minimum Gasteiger partial charge on any atom is -0.359 e. The van der Waals surface area contributed by atoms with E-state index in [-0.39, 0.29) is 5.92 Å². The molecule has 2 atom stereocenters. The molecule has 3 nitrogen and oxygen atoms in total. The van der Waals surface area contributed by atoms with Gasteiger partial charge in [0.15, 0.2) is 5.79 Å². The van der Waals surface area contributed by atoms with Gasteiger partial charge in [-0.3, -0.25) is 0 Å². The van der Waals surface area contributed by atoms with E-state index in [1.807, 2.05) is 12.2 Å². The Morgan fingerprint density at radius 2 is 2.00 bits per heavy atom. The summed E-state index contributed by atoms with van der Waals surface area (Å²) < 4.78 is 53.5. The molecule has 1 saturated carbocycles. The summed E-state index contributed by atoms with van der Waals surface area (Å²) in [5.41, 5.74) is -0.951. The lowest BCUT2D eigenvalue weighted by molar-refractivity contribution is -0.376. The Balaban J connectivity index is 1.81. The third-order valence-electron chi connectivity index (χ3n) is 4.03. The van der Waals surface area contributed by atoms with Gasteiger partial charge in [0.05, 0.1) is 13.2 Å². The first-order valence-electron chi connectivity index (χ1n) is 6.13. The molecule has 0 N–H and O–H groups in total. The van der Waals surface area contributed by atoms with Crippen molar-refractivity contribution < 1.29 is 27.4 Å². The molecule has 2 fully saturated rings. The number of rotatable bonds is 2. The van der Waals surface area contributed by atoms with Gasteiger partial charge < -0.3 is 14.2 Å². The standard InChI is InChI=1S/C12H15F3O3/c13-12(14,15)8-18-10-4-2-1-3-9(10)7-11(10)16-5-6-17-11/h1,3,9H,2,4-8H2. The van der Waals surface area contributed by atoms with E-state index in [1.54, 1.807) is 0 Å². The molecule has 0 bridgehead atoms. The molecule has 0 amide bonds. The number of allylic oxidation sites excluding steroid dienone is 1. The van der Waals surface area contributed by atoms with Gasteiger partial charge in [-0.05, 0) is 12.8 Å². The van der Waals surface area contributed by atoms with Crippen LogP contribution in [0.25, 0.3) is 0 Å². The molecule has 0 aromatic rings. The highest BCUT2D eigenvalue weighted by Crippen LogP contribution is 2.59. The number of halogens is 3. The second kappa shape index (κ2) is 3.95. The zero-order chi connectivity index (χ0) is 12.9. The molecular weight excluding hydrogens is 249 g/mol. The van der Waals surface area contributed by atoms with E-state index in [4.69, 9.17) is 14.2 Å². The van der Waals surface area contributed by atoms with Crippen molar-refractivity contribution in [2.24, 2.45) is 5.92 Å². The lowest BCUT2D eigenvalue weighted by Crippen LogP contribution is -2.71. The molecule has 1 spiro atoms. The van der Waals surface area contributed by atoms with E-state index >= 15 is 0 Å². The first-order chi connectivity index (χ1) is 8.48. The van der Waals surface area contributed by atoms with Gasteiger partial charge in [-0.1, -0.05) is 12.2 Å². The maximum absolute atomic E-state index is 12.4.